The highest BCUT2D eigenvalue weighted by Crippen LogP contribution is 2.28. The summed E-state index contributed by atoms with van der Waals surface area (Å²) in [6.45, 7) is 1.82. The van der Waals surface area contributed by atoms with E-state index in [4.69, 9.17) is 4.42 Å². The van der Waals surface area contributed by atoms with Crippen molar-refractivity contribution in [3.05, 3.63) is 65.9 Å². The maximum absolute atomic E-state index is 12.6. The molecule has 0 bridgehead atoms. The highest BCUT2D eigenvalue weighted by Gasteiger charge is 2.31. The molecule has 0 N–H and O–H groups in total. The summed E-state index contributed by atoms with van der Waals surface area (Å²) in [7, 11) is 1.61. The minimum atomic E-state index is -4.77. The molecule has 26 heavy (non-hydrogen) atoms. The smallest absolute Gasteiger partial charge is 0.459 e. The Morgan fingerprint density at radius 2 is 1.77 bits per heavy atom. The normalized spacial score (nSPS) is 12.8. The maximum Gasteiger partial charge on any atom is 0.573 e. The van der Waals surface area contributed by atoms with Gasteiger partial charge in [0.2, 0.25) is 0 Å². The number of halogens is 3. The largest absolute Gasteiger partial charge is 0.573 e. The molecule has 136 valence electrons. The Kier molecular flexibility index (Phi) is 4.63. The highest BCUT2D eigenvalue weighted by atomic mass is 19.4. The van der Waals surface area contributed by atoms with E-state index in [0.29, 0.717) is 5.76 Å². The van der Waals surface area contributed by atoms with E-state index in [1.807, 2.05) is 37.3 Å². The van der Waals surface area contributed by atoms with Gasteiger partial charge < -0.3 is 14.1 Å². The summed E-state index contributed by atoms with van der Waals surface area (Å²) in [4.78, 5) is 14.1. The molecule has 0 radical (unpaired) electrons. The second-order valence-electron chi connectivity index (χ2n) is 5.85. The number of carbonyl (C=O) groups is 1. The molecule has 0 fully saturated rings. The van der Waals surface area contributed by atoms with Gasteiger partial charge in [-0.25, -0.2) is 0 Å². The van der Waals surface area contributed by atoms with Crippen LogP contribution in [0.5, 0.6) is 5.75 Å². The summed E-state index contributed by atoms with van der Waals surface area (Å²) in [5.41, 5.74) is 0.980. The lowest BCUT2D eigenvalue weighted by atomic mass is 10.1. The van der Waals surface area contributed by atoms with Gasteiger partial charge in [0, 0.05) is 18.0 Å². The number of hydrogen-bond acceptors (Lipinski definition) is 3. The number of hydrogen-bond donors (Lipinski definition) is 0. The van der Waals surface area contributed by atoms with Crippen LogP contribution in [0.15, 0.2) is 59.0 Å². The van der Waals surface area contributed by atoms with Crippen LogP contribution in [0.1, 0.15) is 29.1 Å². The number of nitrogens with zero attached hydrogens (tertiary/aromatic N) is 1. The number of para-hydroxylation sites is 1. The minimum absolute atomic E-state index is 0.255. The van der Waals surface area contributed by atoms with Crippen molar-refractivity contribution in [1.29, 1.82) is 0 Å². The fraction of sp³-hybridized carbons (Fsp3) is 0.211. The van der Waals surface area contributed by atoms with Gasteiger partial charge in [0.1, 0.15) is 17.1 Å². The van der Waals surface area contributed by atoms with Crippen LogP contribution in [-0.2, 0) is 0 Å². The summed E-state index contributed by atoms with van der Waals surface area (Å²) >= 11 is 0. The first kappa shape index (κ1) is 17.8. The summed E-state index contributed by atoms with van der Waals surface area (Å²) in [6.07, 6.45) is -4.77. The molecule has 1 unspecified atom stereocenters. The van der Waals surface area contributed by atoms with E-state index in [1.165, 1.54) is 17.0 Å². The molecule has 2 aromatic carbocycles. The van der Waals surface area contributed by atoms with Crippen molar-refractivity contribution in [3.63, 3.8) is 0 Å². The summed E-state index contributed by atoms with van der Waals surface area (Å²) in [5.74, 6) is -0.0855. The Labute approximate surface area is 147 Å². The first-order valence-corrected chi connectivity index (χ1v) is 7.86. The summed E-state index contributed by atoms with van der Waals surface area (Å²) in [5, 5.41) is 0.934. The van der Waals surface area contributed by atoms with Gasteiger partial charge in [-0.2, -0.15) is 0 Å². The Bertz CT molecular complexity index is 883. The zero-order chi connectivity index (χ0) is 18.9. The third-order valence-electron chi connectivity index (χ3n) is 4.09. The molecule has 0 saturated carbocycles. The average molecular weight is 363 g/mol. The zero-order valence-corrected chi connectivity index (χ0v) is 14.1. The van der Waals surface area contributed by atoms with Gasteiger partial charge in [-0.1, -0.05) is 18.2 Å². The van der Waals surface area contributed by atoms with E-state index in [-0.39, 0.29) is 23.3 Å². The van der Waals surface area contributed by atoms with E-state index in [9.17, 15) is 18.0 Å². The molecule has 0 spiro atoms. The average Bonchev–Trinajstić information content (AvgIpc) is 3.03. The molecule has 1 amide bonds. The number of amides is 1. The van der Waals surface area contributed by atoms with Crippen LogP contribution in [0, 0.1) is 0 Å². The van der Waals surface area contributed by atoms with Crippen molar-refractivity contribution < 1.29 is 27.1 Å². The van der Waals surface area contributed by atoms with Crippen molar-refractivity contribution in [1.82, 2.24) is 4.90 Å². The van der Waals surface area contributed by atoms with Gasteiger partial charge in [0.05, 0.1) is 6.04 Å². The Morgan fingerprint density at radius 1 is 1.12 bits per heavy atom. The van der Waals surface area contributed by atoms with E-state index >= 15 is 0 Å². The second kappa shape index (κ2) is 6.74. The predicted octanol–water partition coefficient (Wildman–Crippen LogP) is 5.16. The molecular formula is C19H16F3NO3. The Morgan fingerprint density at radius 3 is 2.38 bits per heavy atom. The van der Waals surface area contributed by atoms with Crippen molar-refractivity contribution in [2.45, 2.75) is 19.3 Å². The molecule has 3 rings (SSSR count). The topological polar surface area (TPSA) is 42.7 Å². The van der Waals surface area contributed by atoms with Crippen molar-refractivity contribution in [2.24, 2.45) is 0 Å². The van der Waals surface area contributed by atoms with Gasteiger partial charge in [0.15, 0.2) is 0 Å². The van der Waals surface area contributed by atoms with E-state index in [2.05, 4.69) is 4.74 Å². The lowest BCUT2D eigenvalue weighted by molar-refractivity contribution is -0.274. The van der Waals surface area contributed by atoms with E-state index < -0.39 is 6.36 Å². The molecule has 3 aromatic rings. The van der Waals surface area contributed by atoms with E-state index in [0.717, 1.165) is 23.1 Å². The second-order valence-corrected chi connectivity index (χ2v) is 5.85. The van der Waals surface area contributed by atoms with Crippen LogP contribution >= 0.6 is 0 Å². The van der Waals surface area contributed by atoms with Crippen molar-refractivity contribution >= 4 is 16.9 Å². The number of furan rings is 1. The third kappa shape index (κ3) is 3.82. The molecule has 7 heteroatoms. The number of fused-ring (bicyclic) bond motifs is 1. The molecular weight excluding hydrogens is 347 g/mol. The molecule has 0 aliphatic rings. The first-order valence-electron chi connectivity index (χ1n) is 7.86. The number of carbonyl (C=O) groups excluding carboxylic acids is 1. The number of alkyl halides is 3. The number of benzene rings is 2. The van der Waals surface area contributed by atoms with Gasteiger partial charge in [-0.15, -0.1) is 13.2 Å². The first-order chi connectivity index (χ1) is 12.2. The number of ether oxygens (including phenoxy) is 1. The summed E-state index contributed by atoms with van der Waals surface area (Å²) in [6, 6.07) is 13.8. The van der Waals surface area contributed by atoms with Gasteiger partial charge in [-0.05, 0) is 43.3 Å². The third-order valence-corrected chi connectivity index (χ3v) is 4.09. The molecule has 0 aliphatic carbocycles. The molecule has 0 aliphatic heterocycles. The number of rotatable bonds is 4. The van der Waals surface area contributed by atoms with Crippen molar-refractivity contribution in [3.8, 4) is 5.75 Å². The fourth-order valence-corrected chi connectivity index (χ4v) is 2.58. The predicted molar refractivity (Wildman–Crippen MR) is 89.8 cm³/mol. The minimum Gasteiger partial charge on any atom is -0.459 e. The lowest BCUT2D eigenvalue weighted by Crippen LogP contribution is -2.29. The quantitative estimate of drug-likeness (QED) is 0.643. The highest BCUT2D eigenvalue weighted by molar-refractivity contribution is 5.94. The zero-order valence-electron chi connectivity index (χ0n) is 14.1. The SMILES string of the molecule is CC(c1cc2ccccc2o1)N(C)C(=O)c1ccc(OC(F)(F)F)cc1. The van der Waals surface area contributed by atoms with Gasteiger partial charge >= 0.3 is 6.36 Å². The van der Waals surface area contributed by atoms with Crippen molar-refractivity contribution in [2.75, 3.05) is 7.05 Å². The lowest BCUT2D eigenvalue weighted by Gasteiger charge is -2.23. The Balaban J connectivity index is 1.76. The Hall–Kier alpha value is -2.96. The molecule has 1 aromatic heterocycles. The summed E-state index contributed by atoms with van der Waals surface area (Å²) < 4.78 is 46.2. The molecule has 1 atom stereocenters. The van der Waals surface area contributed by atoms with Crippen LogP contribution < -0.4 is 4.74 Å². The van der Waals surface area contributed by atoms with E-state index in [1.54, 1.807) is 7.05 Å². The fourth-order valence-electron chi connectivity index (χ4n) is 2.58. The van der Waals surface area contributed by atoms with Gasteiger partial charge in [-0.3, -0.25) is 4.79 Å². The van der Waals surface area contributed by atoms with Crippen LogP contribution in [0.25, 0.3) is 11.0 Å². The van der Waals surface area contributed by atoms with Crippen LogP contribution in [-0.4, -0.2) is 24.2 Å². The van der Waals surface area contributed by atoms with Gasteiger partial charge in [0.25, 0.3) is 5.91 Å². The molecule has 0 saturated heterocycles. The van der Waals surface area contributed by atoms with Crippen LogP contribution in [0.2, 0.25) is 0 Å². The van der Waals surface area contributed by atoms with Crippen LogP contribution in [0.3, 0.4) is 0 Å². The van der Waals surface area contributed by atoms with Crippen LogP contribution in [0.4, 0.5) is 13.2 Å². The molecule has 4 nitrogen and oxygen atoms in total. The standard InChI is InChI=1S/C19H16F3NO3/c1-12(17-11-14-5-3-4-6-16(14)25-17)23(2)18(24)13-7-9-15(10-8-13)26-19(20,21)22/h3-12H,1-2H3. The molecule has 1 heterocycles. The maximum atomic E-state index is 12.6. The monoisotopic (exact) mass is 363 g/mol.